The minimum absolute atomic E-state index is 0.0459. The Hall–Kier alpha value is -1.67. The Balaban J connectivity index is 1.87. The molecule has 3 heterocycles. The average molecular weight is 267 g/mol. The van der Waals surface area contributed by atoms with Crippen LogP contribution in [0.5, 0.6) is 0 Å². The number of aliphatic carboxylic acids is 1. The summed E-state index contributed by atoms with van der Waals surface area (Å²) in [4.78, 5) is 24.7. The van der Waals surface area contributed by atoms with Gasteiger partial charge in [0.25, 0.3) is 5.91 Å². The molecule has 1 fully saturated rings. The maximum Gasteiger partial charge on any atom is 0.353 e. The Kier molecular flexibility index (Phi) is 2.26. The van der Waals surface area contributed by atoms with Crippen LogP contribution in [0.3, 0.4) is 0 Å². The van der Waals surface area contributed by atoms with E-state index >= 15 is 0 Å². The molecule has 2 aliphatic heterocycles. The van der Waals surface area contributed by atoms with Crippen molar-refractivity contribution < 1.29 is 14.7 Å². The summed E-state index contributed by atoms with van der Waals surface area (Å²) >= 11 is 2.51. The van der Waals surface area contributed by atoms with Crippen molar-refractivity contribution in [1.82, 2.24) is 14.5 Å². The Morgan fingerprint density at radius 2 is 2.41 bits per heavy atom. The van der Waals surface area contributed by atoms with E-state index in [9.17, 15) is 9.59 Å². The summed E-state index contributed by atoms with van der Waals surface area (Å²) in [5, 5.41) is 13.8. The van der Waals surface area contributed by atoms with Gasteiger partial charge in [0.05, 0.1) is 16.6 Å². The van der Waals surface area contributed by atoms with Crippen LogP contribution >= 0.6 is 23.3 Å². The quantitative estimate of drug-likeness (QED) is 0.629. The molecule has 8 heteroatoms. The van der Waals surface area contributed by atoms with Gasteiger partial charge in [-0.15, -0.1) is 16.9 Å². The first-order chi connectivity index (χ1) is 8.18. The van der Waals surface area contributed by atoms with E-state index < -0.39 is 5.97 Å². The number of carbonyl (C=O) groups is 2. The van der Waals surface area contributed by atoms with Gasteiger partial charge in [-0.05, 0) is 17.6 Å². The first-order valence-corrected chi connectivity index (χ1v) is 6.31. The summed E-state index contributed by atoms with van der Waals surface area (Å²) < 4.78 is 3.70. The van der Waals surface area contributed by atoms with E-state index in [2.05, 4.69) is 9.59 Å². The second-order valence-corrected chi connectivity index (χ2v) is 5.16. The minimum atomic E-state index is -1.08. The van der Waals surface area contributed by atoms with Gasteiger partial charge in [-0.2, -0.15) is 0 Å². The molecule has 0 radical (unpaired) electrons. The van der Waals surface area contributed by atoms with Crippen molar-refractivity contribution in [2.24, 2.45) is 0 Å². The van der Waals surface area contributed by atoms with Gasteiger partial charge in [-0.25, -0.2) is 4.79 Å². The van der Waals surface area contributed by atoms with Crippen LogP contribution in [0.4, 0.5) is 0 Å². The lowest BCUT2D eigenvalue weighted by atomic mass is 10.0. The third kappa shape index (κ3) is 1.48. The number of carboxylic acid groups (broad SMARTS) is 1. The molecule has 1 amide bonds. The van der Waals surface area contributed by atoms with Crippen LogP contribution in [0.1, 0.15) is 4.88 Å². The van der Waals surface area contributed by atoms with E-state index in [0.717, 1.165) is 4.88 Å². The summed E-state index contributed by atoms with van der Waals surface area (Å²) in [5.41, 5.74) is 0.637. The number of hydrogen-bond acceptors (Lipinski definition) is 6. The van der Waals surface area contributed by atoms with Crippen LogP contribution in [-0.4, -0.2) is 36.8 Å². The number of aromatic nitrogens is 2. The van der Waals surface area contributed by atoms with E-state index in [0.29, 0.717) is 5.57 Å². The molecule has 86 valence electrons. The van der Waals surface area contributed by atoms with Gasteiger partial charge >= 0.3 is 5.97 Å². The number of hydrogen-bond donors (Lipinski definition) is 1. The normalized spacial score (nSPS) is 24.6. The zero-order chi connectivity index (χ0) is 12.0. The van der Waals surface area contributed by atoms with E-state index in [1.807, 2.05) is 0 Å². The highest BCUT2D eigenvalue weighted by Crippen LogP contribution is 2.45. The van der Waals surface area contributed by atoms with Gasteiger partial charge < -0.3 is 5.11 Å². The monoisotopic (exact) mass is 267 g/mol. The van der Waals surface area contributed by atoms with Crippen LogP contribution in [0.2, 0.25) is 0 Å². The van der Waals surface area contributed by atoms with E-state index in [-0.39, 0.29) is 17.0 Å². The fourth-order valence-corrected chi connectivity index (χ4v) is 3.24. The maximum atomic E-state index is 11.8. The second kappa shape index (κ2) is 3.67. The Morgan fingerprint density at radius 3 is 3.06 bits per heavy atom. The summed E-state index contributed by atoms with van der Waals surface area (Å²) in [5.74, 6) is -1.34. The third-order valence-electron chi connectivity index (χ3n) is 2.43. The first-order valence-electron chi connectivity index (χ1n) is 4.60. The fraction of sp³-hybridized carbons (Fsp3) is 0.111. The zero-order valence-corrected chi connectivity index (χ0v) is 9.86. The number of carbonyl (C=O) groups excluding carboxylic acids is 1. The number of rotatable bonds is 2. The molecule has 3 rings (SSSR count). The molecule has 1 aromatic rings. The van der Waals surface area contributed by atoms with Gasteiger partial charge in [0.1, 0.15) is 11.1 Å². The SMILES string of the molecule is O=C(O)C1=CS[C@@H]2/C(=C/c3cnns3)C(=O)N12. The van der Waals surface area contributed by atoms with Gasteiger partial charge in [0.2, 0.25) is 0 Å². The minimum Gasteiger partial charge on any atom is -0.477 e. The van der Waals surface area contributed by atoms with Gasteiger partial charge in [-0.1, -0.05) is 4.49 Å². The van der Waals surface area contributed by atoms with E-state index in [4.69, 9.17) is 5.11 Å². The zero-order valence-electron chi connectivity index (χ0n) is 8.23. The average Bonchev–Trinajstić information content (AvgIpc) is 2.93. The topological polar surface area (TPSA) is 83.4 Å². The number of β-lactam (4-membered cyclic amide) rings is 1. The predicted molar refractivity (Wildman–Crippen MR) is 61.8 cm³/mol. The van der Waals surface area contributed by atoms with Crippen molar-refractivity contribution in [3.63, 3.8) is 0 Å². The standard InChI is InChI=1S/C9H5N3O3S2/c13-7-5(1-4-2-10-11-17-4)8-12(7)6(3-16-8)9(14)15/h1-3,8H,(H,14,15)/b5-1+/t8-/m1/s1. The van der Waals surface area contributed by atoms with Gasteiger partial charge in [0.15, 0.2) is 0 Å². The molecule has 0 bridgehead atoms. The number of thioether (sulfide) groups is 1. The molecule has 17 heavy (non-hydrogen) atoms. The largest absolute Gasteiger partial charge is 0.477 e. The molecule has 0 aliphatic carbocycles. The Morgan fingerprint density at radius 1 is 1.59 bits per heavy atom. The number of amides is 1. The third-order valence-corrected chi connectivity index (χ3v) is 4.12. The van der Waals surface area contributed by atoms with Crippen molar-refractivity contribution in [1.29, 1.82) is 0 Å². The number of nitrogens with zero attached hydrogens (tertiary/aromatic N) is 3. The summed E-state index contributed by atoms with van der Waals surface area (Å²) in [7, 11) is 0. The van der Waals surface area contributed by atoms with Crippen LogP contribution in [0.15, 0.2) is 22.9 Å². The van der Waals surface area contributed by atoms with Crippen molar-refractivity contribution in [3.8, 4) is 0 Å². The highest BCUT2D eigenvalue weighted by molar-refractivity contribution is 8.03. The smallest absolute Gasteiger partial charge is 0.353 e. The molecule has 1 aromatic heterocycles. The van der Waals surface area contributed by atoms with Crippen molar-refractivity contribution in [2.75, 3.05) is 0 Å². The molecular weight excluding hydrogens is 262 g/mol. The van der Waals surface area contributed by atoms with Crippen molar-refractivity contribution in [2.45, 2.75) is 5.37 Å². The molecule has 0 unspecified atom stereocenters. The van der Waals surface area contributed by atoms with Gasteiger partial charge in [0, 0.05) is 5.41 Å². The summed E-state index contributed by atoms with van der Waals surface area (Å²) in [6.45, 7) is 0. The van der Waals surface area contributed by atoms with E-state index in [1.54, 1.807) is 12.3 Å². The molecule has 2 aliphatic rings. The van der Waals surface area contributed by atoms with Crippen LogP contribution in [-0.2, 0) is 9.59 Å². The van der Waals surface area contributed by atoms with Crippen molar-refractivity contribution >= 4 is 41.2 Å². The lowest BCUT2D eigenvalue weighted by Gasteiger charge is -2.36. The Bertz CT molecular complexity index is 564. The molecular formula is C9H5N3O3S2. The molecule has 1 N–H and O–H groups in total. The molecule has 0 saturated carbocycles. The fourth-order valence-electron chi connectivity index (χ4n) is 1.66. The van der Waals surface area contributed by atoms with Gasteiger partial charge in [-0.3, -0.25) is 9.69 Å². The predicted octanol–water partition coefficient (Wildman–Crippen LogP) is 0.763. The Labute approximate surface area is 104 Å². The van der Waals surface area contributed by atoms with Crippen LogP contribution < -0.4 is 0 Å². The van der Waals surface area contributed by atoms with Crippen LogP contribution in [0.25, 0.3) is 6.08 Å². The summed E-state index contributed by atoms with van der Waals surface area (Å²) in [6, 6.07) is 0. The molecule has 6 nitrogen and oxygen atoms in total. The highest BCUT2D eigenvalue weighted by Gasteiger charge is 2.49. The first kappa shape index (κ1) is 10.5. The second-order valence-electron chi connectivity index (χ2n) is 3.39. The number of fused-ring (bicyclic) bond motifs is 1. The van der Waals surface area contributed by atoms with E-state index in [1.165, 1.54) is 33.6 Å². The molecule has 0 aromatic carbocycles. The van der Waals surface area contributed by atoms with Crippen LogP contribution in [0, 0.1) is 0 Å². The lowest BCUT2D eigenvalue weighted by Crippen LogP contribution is -2.51. The molecule has 1 atom stereocenters. The highest BCUT2D eigenvalue weighted by atomic mass is 32.2. The van der Waals surface area contributed by atoms with Crippen molar-refractivity contribution in [3.05, 3.63) is 27.8 Å². The molecule has 1 saturated heterocycles. The summed E-state index contributed by atoms with van der Waals surface area (Å²) in [6.07, 6.45) is 3.28. The molecule has 0 spiro atoms. The lowest BCUT2D eigenvalue weighted by molar-refractivity contribution is -0.141. The number of carboxylic acids is 1. The maximum absolute atomic E-state index is 11.8.